The molecule has 0 aliphatic rings. The molecule has 0 unspecified atom stereocenters. The van der Waals surface area contributed by atoms with Crippen molar-refractivity contribution in [1.29, 1.82) is 0 Å². The van der Waals surface area contributed by atoms with Gasteiger partial charge in [0.05, 0.1) is 14.2 Å². The number of hydrogen-bond acceptors (Lipinski definition) is 4. The lowest BCUT2D eigenvalue weighted by Crippen LogP contribution is -2.26. The Kier molecular flexibility index (Phi) is 5.51. The first-order valence-corrected chi connectivity index (χ1v) is 8.63. The molecular weight excluding hydrogens is 338 g/mol. The highest BCUT2D eigenvalue weighted by Crippen LogP contribution is 2.29. The maximum atomic E-state index is 12.8. The van der Waals surface area contributed by atoms with E-state index in [4.69, 9.17) is 21.1 Å². The zero-order chi connectivity index (χ0) is 17.0. The summed E-state index contributed by atoms with van der Waals surface area (Å²) in [6.45, 7) is 0.224. The van der Waals surface area contributed by atoms with Crippen molar-refractivity contribution in [3.05, 3.63) is 53.1 Å². The van der Waals surface area contributed by atoms with E-state index >= 15 is 0 Å². The Labute approximate surface area is 141 Å². The molecule has 124 valence electrons. The Hall–Kier alpha value is -1.76. The van der Waals surface area contributed by atoms with E-state index in [9.17, 15) is 8.42 Å². The lowest BCUT2D eigenvalue weighted by Gasteiger charge is -2.19. The van der Waals surface area contributed by atoms with Crippen molar-refractivity contribution in [2.24, 2.45) is 0 Å². The minimum absolute atomic E-state index is 0.0449. The molecule has 23 heavy (non-hydrogen) atoms. The van der Waals surface area contributed by atoms with Crippen LogP contribution in [0.15, 0.2) is 47.4 Å². The molecule has 0 atom stereocenters. The van der Waals surface area contributed by atoms with Crippen LogP contribution in [0.1, 0.15) is 5.56 Å². The molecule has 0 fully saturated rings. The minimum Gasteiger partial charge on any atom is -0.497 e. The van der Waals surface area contributed by atoms with Gasteiger partial charge in [-0.15, -0.1) is 0 Å². The van der Waals surface area contributed by atoms with E-state index in [1.54, 1.807) is 25.3 Å². The van der Waals surface area contributed by atoms with Crippen molar-refractivity contribution in [3.63, 3.8) is 0 Å². The van der Waals surface area contributed by atoms with Crippen molar-refractivity contribution in [3.8, 4) is 11.5 Å². The topological polar surface area (TPSA) is 55.8 Å². The Morgan fingerprint density at radius 1 is 1.04 bits per heavy atom. The van der Waals surface area contributed by atoms with Crippen LogP contribution >= 0.6 is 11.6 Å². The molecule has 0 heterocycles. The summed E-state index contributed by atoms with van der Waals surface area (Å²) in [6, 6.07) is 11.7. The smallest absolute Gasteiger partial charge is 0.246 e. The van der Waals surface area contributed by atoms with Crippen LogP contribution < -0.4 is 9.47 Å². The van der Waals surface area contributed by atoms with Gasteiger partial charge in [-0.3, -0.25) is 0 Å². The number of ether oxygens (including phenoxy) is 2. The van der Waals surface area contributed by atoms with Crippen LogP contribution in [0.25, 0.3) is 0 Å². The van der Waals surface area contributed by atoms with Crippen molar-refractivity contribution < 1.29 is 17.9 Å². The van der Waals surface area contributed by atoms with Crippen LogP contribution in [0.4, 0.5) is 0 Å². The van der Waals surface area contributed by atoms with E-state index in [0.29, 0.717) is 5.02 Å². The first kappa shape index (κ1) is 17.6. The summed E-state index contributed by atoms with van der Waals surface area (Å²) >= 11 is 5.93. The molecule has 0 spiro atoms. The molecule has 2 aromatic rings. The summed E-state index contributed by atoms with van der Waals surface area (Å²) in [7, 11) is 0.791. The molecule has 5 nitrogen and oxygen atoms in total. The molecule has 0 N–H and O–H groups in total. The second-order valence-electron chi connectivity index (χ2n) is 4.90. The highest BCUT2D eigenvalue weighted by atomic mass is 35.5. The van der Waals surface area contributed by atoms with Crippen LogP contribution in [0.3, 0.4) is 0 Å². The summed E-state index contributed by atoms with van der Waals surface area (Å²) in [5.41, 5.74) is 0.845. The predicted molar refractivity (Wildman–Crippen MR) is 89.7 cm³/mol. The fraction of sp³-hybridized carbons (Fsp3) is 0.250. The first-order chi connectivity index (χ1) is 10.9. The van der Waals surface area contributed by atoms with Gasteiger partial charge in [-0.25, -0.2) is 8.42 Å². The van der Waals surface area contributed by atoms with Gasteiger partial charge in [-0.2, -0.15) is 4.31 Å². The summed E-state index contributed by atoms with van der Waals surface area (Å²) in [4.78, 5) is 0.0449. The molecule has 0 aromatic heterocycles. The number of benzene rings is 2. The summed E-state index contributed by atoms with van der Waals surface area (Å²) in [5.74, 6) is 0.978. The van der Waals surface area contributed by atoms with Gasteiger partial charge in [-0.1, -0.05) is 23.7 Å². The molecular formula is C16H18ClNO4S. The fourth-order valence-corrected chi connectivity index (χ4v) is 3.67. The van der Waals surface area contributed by atoms with Crippen molar-refractivity contribution in [1.82, 2.24) is 4.31 Å². The van der Waals surface area contributed by atoms with Gasteiger partial charge in [0.15, 0.2) is 0 Å². The molecule has 0 aliphatic carbocycles. The zero-order valence-corrected chi connectivity index (χ0v) is 14.7. The Morgan fingerprint density at radius 2 is 1.70 bits per heavy atom. The monoisotopic (exact) mass is 355 g/mol. The standard InChI is InChI=1S/C16H18ClNO4S/c1-18(11-12-4-7-14(21-2)8-5-12)23(19,20)16-10-13(17)6-9-15(16)22-3/h4-10H,11H2,1-3H3. The van der Waals surface area contributed by atoms with E-state index in [2.05, 4.69) is 0 Å². The number of halogens is 1. The van der Waals surface area contributed by atoms with Gasteiger partial charge in [0.1, 0.15) is 16.4 Å². The molecule has 0 saturated carbocycles. The number of nitrogens with zero attached hydrogens (tertiary/aromatic N) is 1. The molecule has 2 aromatic carbocycles. The van der Waals surface area contributed by atoms with E-state index in [0.717, 1.165) is 11.3 Å². The van der Waals surface area contributed by atoms with Gasteiger partial charge in [0.2, 0.25) is 10.0 Å². The van der Waals surface area contributed by atoms with E-state index in [1.807, 2.05) is 12.1 Å². The summed E-state index contributed by atoms with van der Waals surface area (Å²) < 4.78 is 37.0. The highest BCUT2D eigenvalue weighted by molar-refractivity contribution is 7.89. The molecule has 7 heteroatoms. The van der Waals surface area contributed by atoms with Gasteiger partial charge in [0, 0.05) is 18.6 Å². The Bertz CT molecular complexity index is 775. The SMILES string of the molecule is COc1ccc(CN(C)S(=O)(=O)c2cc(Cl)ccc2OC)cc1. The van der Waals surface area contributed by atoms with Gasteiger partial charge >= 0.3 is 0 Å². The summed E-state index contributed by atoms with van der Waals surface area (Å²) in [5, 5.41) is 0.335. The predicted octanol–water partition coefficient (Wildman–Crippen LogP) is 3.18. The van der Waals surface area contributed by atoms with Crippen LogP contribution in [0.2, 0.25) is 5.02 Å². The number of methoxy groups -OCH3 is 2. The average Bonchev–Trinajstić information content (AvgIpc) is 2.55. The third kappa shape index (κ3) is 3.96. The van der Waals surface area contributed by atoms with Gasteiger partial charge in [-0.05, 0) is 35.9 Å². The van der Waals surface area contributed by atoms with Gasteiger partial charge < -0.3 is 9.47 Å². The highest BCUT2D eigenvalue weighted by Gasteiger charge is 2.25. The quantitative estimate of drug-likeness (QED) is 0.798. The van der Waals surface area contributed by atoms with E-state index in [-0.39, 0.29) is 17.2 Å². The van der Waals surface area contributed by atoms with E-state index in [1.165, 1.54) is 30.6 Å². The molecule has 0 aliphatic heterocycles. The number of rotatable bonds is 6. The second-order valence-corrected chi connectivity index (χ2v) is 7.35. The van der Waals surface area contributed by atoms with Crippen LogP contribution in [-0.4, -0.2) is 34.0 Å². The third-order valence-corrected chi connectivity index (χ3v) is 5.44. The average molecular weight is 356 g/mol. The molecule has 0 saturated heterocycles. The second kappa shape index (κ2) is 7.21. The molecule has 0 radical (unpaired) electrons. The maximum absolute atomic E-state index is 12.8. The lowest BCUT2D eigenvalue weighted by molar-refractivity contribution is 0.397. The number of sulfonamides is 1. The van der Waals surface area contributed by atoms with Crippen LogP contribution in [0.5, 0.6) is 11.5 Å². The first-order valence-electron chi connectivity index (χ1n) is 6.81. The largest absolute Gasteiger partial charge is 0.497 e. The van der Waals surface area contributed by atoms with Crippen molar-refractivity contribution in [2.45, 2.75) is 11.4 Å². The molecule has 2 rings (SSSR count). The molecule has 0 amide bonds. The summed E-state index contributed by atoms with van der Waals surface area (Å²) in [6.07, 6.45) is 0. The van der Waals surface area contributed by atoms with Crippen LogP contribution in [0, 0.1) is 0 Å². The fourth-order valence-electron chi connectivity index (χ4n) is 2.09. The Balaban J connectivity index is 2.29. The third-order valence-electron chi connectivity index (χ3n) is 3.38. The lowest BCUT2D eigenvalue weighted by atomic mass is 10.2. The maximum Gasteiger partial charge on any atom is 0.246 e. The minimum atomic E-state index is -3.73. The van der Waals surface area contributed by atoms with Crippen LogP contribution in [-0.2, 0) is 16.6 Å². The van der Waals surface area contributed by atoms with E-state index < -0.39 is 10.0 Å². The molecule has 0 bridgehead atoms. The number of hydrogen-bond donors (Lipinski definition) is 0. The zero-order valence-electron chi connectivity index (χ0n) is 13.1. The van der Waals surface area contributed by atoms with Crippen molar-refractivity contribution in [2.75, 3.05) is 21.3 Å². The van der Waals surface area contributed by atoms with Gasteiger partial charge in [0.25, 0.3) is 0 Å². The normalized spacial score (nSPS) is 11.5. The Morgan fingerprint density at radius 3 is 2.26 bits per heavy atom. The van der Waals surface area contributed by atoms with Crippen molar-refractivity contribution >= 4 is 21.6 Å².